The second-order valence-electron chi connectivity index (χ2n) is 7.19. The quantitative estimate of drug-likeness (QED) is 0.602. The van der Waals surface area contributed by atoms with Crippen molar-refractivity contribution in [3.63, 3.8) is 0 Å². The van der Waals surface area contributed by atoms with Crippen molar-refractivity contribution in [2.75, 3.05) is 18.4 Å². The zero-order valence-electron chi connectivity index (χ0n) is 15.9. The Morgan fingerprint density at radius 1 is 1.27 bits per heavy atom. The summed E-state index contributed by atoms with van der Waals surface area (Å²) < 4.78 is 43.3. The molecule has 10 heteroatoms. The molecule has 4 rings (SSSR count). The number of likely N-dealkylation sites (tertiary alicyclic amines) is 1. The van der Waals surface area contributed by atoms with Crippen LogP contribution in [0.2, 0.25) is 0 Å². The van der Waals surface area contributed by atoms with Crippen LogP contribution >= 0.6 is 11.3 Å². The third-order valence-electron chi connectivity index (χ3n) is 4.98. The molecule has 0 spiro atoms. The first-order chi connectivity index (χ1) is 14.4. The molecule has 1 aromatic carbocycles. The first-order valence-corrected chi connectivity index (χ1v) is 10.4. The van der Waals surface area contributed by atoms with Crippen molar-refractivity contribution >= 4 is 23.1 Å². The Kier molecular flexibility index (Phi) is 5.76. The maximum atomic E-state index is 12.7. The fraction of sp³-hybridized carbons (Fsp3) is 0.350. The van der Waals surface area contributed by atoms with E-state index in [0.29, 0.717) is 36.9 Å². The molecule has 1 aliphatic rings. The van der Waals surface area contributed by atoms with Crippen molar-refractivity contribution in [1.82, 2.24) is 15.0 Å². The number of amides is 2. The summed E-state index contributed by atoms with van der Waals surface area (Å²) >= 11 is 1.56. The van der Waals surface area contributed by atoms with Crippen molar-refractivity contribution < 1.29 is 22.5 Å². The summed E-state index contributed by atoms with van der Waals surface area (Å²) in [7, 11) is 0. The Balaban J connectivity index is 1.34. The molecular weight excluding hydrogens is 417 g/mol. The van der Waals surface area contributed by atoms with Crippen molar-refractivity contribution in [3.05, 3.63) is 52.5 Å². The zero-order valence-corrected chi connectivity index (χ0v) is 16.7. The Morgan fingerprint density at radius 2 is 2.07 bits per heavy atom. The van der Waals surface area contributed by atoms with Gasteiger partial charge in [0.05, 0.1) is 5.56 Å². The predicted molar refractivity (Wildman–Crippen MR) is 106 cm³/mol. The van der Waals surface area contributed by atoms with E-state index in [0.717, 1.165) is 30.5 Å². The minimum Gasteiger partial charge on any atom is -0.339 e. The molecule has 1 atom stereocenters. The molecule has 6 nitrogen and oxygen atoms in total. The van der Waals surface area contributed by atoms with Crippen LogP contribution in [0.4, 0.5) is 23.7 Å². The molecule has 1 saturated heterocycles. The maximum absolute atomic E-state index is 12.7. The summed E-state index contributed by atoms with van der Waals surface area (Å²) in [4.78, 5) is 18.6. The van der Waals surface area contributed by atoms with Gasteiger partial charge in [0.1, 0.15) is 0 Å². The topological polar surface area (TPSA) is 71.3 Å². The molecule has 158 valence electrons. The van der Waals surface area contributed by atoms with E-state index in [9.17, 15) is 18.0 Å². The summed E-state index contributed by atoms with van der Waals surface area (Å²) in [5, 5.41) is 10.6. The molecule has 3 heterocycles. The second kappa shape index (κ2) is 8.47. The van der Waals surface area contributed by atoms with Gasteiger partial charge in [-0.05, 0) is 54.5 Å². The Bertz CT molecular complexity index is 986. The van der Waals surface area contributed by atoms with Crippen molar-refractivity contribution in [3.8, 4) is 11.4 Å². The molecule has 30 heavy (non-hydrogen) atoms. The number of aromatic nitrogens is 2. The lowest BCUT2D eigenvalue weighted by Crippen LogP contribution is -2.42. The van der Waals surface area contributed by atoms with Gasteiger partial charge in [0.15, 0.2) is 0 Å². The van der Waals surface area contributed by atoms with Crippen LogP contribution < -0.4 is 5.32 Å². The summed E-state index contributed by atoms with van der Waals surface area (Å²) in [6.07, 6.45) is -2.07. The second-order valence-corrected chi connectivity index (χ2v) is 7.97. The number of nitrogens with one attached hydrogen (secondary N) is 1. The van der Waals surface area contributed by atoms with E-state index < -0.39 is 11.7 Å². The molecule has 0 radical (unpaired) electrons. The van der Waals surface area contributed by atoms with E-state index in [4.69, 9.17) is 4.52 Å². The smallest absolute Gasteiger partial charge is 0.339 e. The summed E-state index contributed by atoms with van der Waals surface area (Å²) in [5.41, 5.74) is 0.489. The van der Waals surface area contributed by atoms with Gasteiger partial charge in [0, 0.05) is 36.1 Å². The van der Waals surface area contributed by atoms with Crippen LogP contribution in [0.5, 0.6) is 0 Å². The average molecular weight is 436 g/mol. The predicted octanol–water partition coefficient (Wildman–Crippen LogP) is 5.30. The Labute approximate surface area is 174 Å². The molecular formula is C20H19F3N4O2S. The van der Waals surface area contributed by atoms with Gasteiger partial charge in [-0.3, -0.25) is 0 Å². The van der Waals surface area contributed by atoms with E-state index in [2.05, 4.69) is 15.5 Å². The van der Waals surface area contributed by atoms with Gasteiger partial charge in [-0.25, -0.2) is 4.79 Å². The van der Waals surface area contributed by atoms with Crippen molar-refractivity contribution in [2.24, 2.45) is 5.92 Å². The molecule has 2 amide bonds. The zero-order chi connectivity index (χ0) is 21.1. The number of carbonyl (C=O) groups is 1. The van der Waals surface area contributed by atoms with E-state index in [-0.39, 0.29) is 11.9 Å². The fourth-order valence-electron chi connectivity index (χ4n) is 3.45. The van der Waals surface area contributed by atoms with E-state index in [1.807, 2.05) is 16.8 Å². The lowest BCUT2D eigenvalue weighted by Gasteiger charge is -2.32. The molecule has 1 fully saturated rings. The monoisotopic (exact) mass is 436 g/mol. The molecule has 0 aliphatic carbocycles. The fourth-order valence-corrected chi connectivity index (χ4v) is 4.09. The lowest BCUT2D eigenvalue weighted by molar-refractivity contribution is -0.137. The summed E-state index contributed by atoms with van der Waals surface area (Å²) in [5.74, 6) is 1.26. The number of hydrogen-bond donors (Lipinski definition) is 1. The highest BCUT2D eigenvalue weighted by molar-refractivity contribution is 7.08. The number of alkyl halides is 3. The molecule has 3 aromatic rings. The number of carbonyl (C=O) groups excluding carboxylic acids is 1. The first kappa shape index (κ1) is 20.4. The molecule has 2 aromatic heterocycles. The van der Waals surface area contributed by atoms with Gasteiger partial charge in [-0.15, -0.1) is 0 Å². The third kappa shape index (κ3) is 4.81. The van der Waals surface area contributed by atoms with Gasteiger partial charge in [0.25, 0.3) is 0 Å². The van der Waals surface area contributed by atoms with Crippen molar-refractivity contribution in [2.45, 2.75) is 25.4 Å². The summed E-state index contributed by atoms with van der Waals surface area (Å²) in [6, 6.07) is 6.01. The Morgan fingerprint density at radius 3 is 2.77 bits per heavy atom. The molecule has 0 saturated carbocycles. The molecule has 1 aliphatic heterocycles. The number of rotatable bonds is 4. The van der Waals surface area contributed by atoms with Crippen LogP contribution in [-0.4, -0.2) is 34.2 Å². The van der Waals surface area contributed by atoms with Gasteiger partial charge in [-0.2, -0.15) is 29.5 Å². The minimum atomic E-state index is -4.40. The number of piperidine rings is 1. The third-order valence-corrected chi connectivity index (χ3v) is 5.66. The van der Waals surface area contributed by atoms with E-state index in [1.165, 1.54) is 12.1 Å². The first-order valence-electron chi connectivity index (χ1n) is 9.47. The molecule has 1 N–H and O–H groups in total. The van der Waals surface area contributed by atoms with Gasteiger partial charge in [0.2, 0.25) is 11.7 Å². The van der Waals surface area contributed by atoms with Crippen LogP contribution in [0.1, 0.15) is 24.3 Å². The van der Waals surface area contributed by atoms with Crippen LogP contribution in [-0.2, 0) is 12.6 Å². The average Bonchev–Trinajstić information content (AvgIpc) is 3.40. The number of nitrogens with zero attached hydrogens (tertiary/aromatic N) is 3. The minimum absolute atomic E-state index is 0.174. The van der Waals surface area contributed by atoms with Crippen molar-refractivity contribution in [1.29, 1.82) is 0 Å². The number of urea groups is 1. The largest absolute Gasteiger partial charge is 0.416 e. The van der Waals surface area contributed by atoms with Gasteiger partial charge < -0.3 is 14.7 Å². The number of hydrogen-bond acceptors (Lipinski definition) is 5. The Hall–Kier alpha value is -2.88. The number of thiophene rings is 1. The highest BCUT2D eigenvalue weighted by Gasteiger charge is 2.30. The summed E-state index contributed by atoms with van der Waals surface area (Å²) in [6.45, 7) is 1.11. The van der Waals surface area contributed by atoms with E-state index in [1.54, 1.807) is 16.2 Å². The molecule has 0 bridgehead atoms. The van der Waals surface area contributed by atoms with Gasteiger partial charge >= 0.3 is 12.2 Å². The van der Waals surface area contributed by atoms with Gasteiger partial charge in [-0.1, -0.05) is 5.16 Å². The van der Waals surface area contributed by atoms with Crippen LogP contribution in [0.3, 0.4) is 0 Å². The number of anilines is 1. The highest BCUT2D eigenvalue weighted by Crippen LogP contribution is 2.30. The number of benzene rings is 1. The van der Waals surface area contributed by atoms with Crippen LogP contribution in [0, 0.1) is 5.92 Å². The normalized spacial score (nSPS) is 17.2. The standard InChI is InChI=1S/C20H19F3N4O2S/c21-20(22,23)15-3-5-16(6-4-15)24-19(28)27-8-1-2-13(11-27)10-17-25-18(26-29-17)14-7-9-30-12-14/h3-7,9,12-13H,1-2,8,10-11H2,(H,24,28). The molecule has 1 unspecified atom stereocenters. The van der Waals surface area contributed by atoms with Crippen LogP contribution in [0.25, 0.3) is 11.4 Å². The number of halogens is 3. The van der Waals surface area contributed by atoms with Crippen LogP contribution in [0.15, 0.2) is 45.6 Å². The maximum Gasteiger partial charge on any atom is 0.416 e. The highest BCUT2D eigenvalue weighted by atomic mass is 32.1. The SMILES string of the molecule is O=C(Nc1ccc(C(F)(F)F)cc1)N1CCCC(Cc2nc(-c3ccsc3)no2)C1. The van der Waals surface area contributed by atoms with E-state index >= 15 is 0 Å². The lowest BCUT2D eigenvalue weighted by atomic mass is 9.95.